The molecule has 2 aliphatic rings. The fourth-order valence-electron chi connectivity index (χ4n) is 4.17. The predicted octanol–water partition coefficient (Wildman–Crippen LogP) is 2.68. The van der Waals surface area contributed by atoms with Crippen LogP contribution in [0.1, 0.15) is 31.5 Å². The van der Waals surface area contributed by atoms with Crippen LogP contribution in [0.15, 0.2) is 30.6 Å². The number of piperazine rings is 1. The molecule has 0 atom stereocenters. The molecule has 9 heteroatoms. The second kappa shape index (κ2) is 9.54. The van der Waals surface area contributed by atoms with Crippen LogP contribution < -0.4 is 16.0 Å². The summed E-state index contributed by atoms with van der Waals surface area (Å²) >= 11 is 0. The van der Waals surface area contributed by atoms with Gasteiger partial charge in [0.25, 0.3) is 0 Å². The largest absolute Gasteiger partial charge is 0.379 e. The third-order valence-corrected chi connectivity index (χ3v) is 6.25. The van der Waals surface area contributed by atoms with Gasteiger partial charge in [0.05, 0.1) is 24.3 Å². The van der Waals surface area contributed by atoms with Crippen LogP contribution in [0, 0.1) is 0 Å². The van der Waals surface area contributed by atoms with Crippen molar-refractivity contribution in [3.8, 4) is 0 Å². The Bertz CT molecular complexity index is 1090. The van der Waals surface area contributed by atoms with E-state index in [4.69, 9.17) is 14.7 Å². The number of aromatic nitrogens is 4. The molecule has 0 aliphatic carbocycles. The Kier molecular flexibility index (Phi) is 6.34. The minimum atomic E-state index is -0.0515. The van der Waals surface area contributed by atoms with Crippen molar-refractivity contribution in [3.63, 3.8) is 0 Å². The highest BCUT2D eigenvalue weighted by Crippen LogP contribution is 2.34. The van der Waals surface area contributed by atoms with E-state index in [9.17, 15) is 0 Å². The van der Waals surface area contributed by atoms with Crippen molar-refractivity contribution in [2.45, 2.75) is 32.2 Å². The Morgan fingerprint density at radius 3 is 2.67 bits per heavy atom. The molecule has 3 aromatic heterocycles. The van der Waals surface area contributed by atoms with Gasteiger partial charge in [0.2, 0.25) is 5.95 Å². The van der Waals surface area contributed by atoms with Crippen LogP contribution in [0.5, 0.6) is 0 Å². The zero-order chi connectivity index (χ0) is 22.7. The average Bonchev–Trinajstić information content (AvgIpc) is 2.83. The molecule has 3 aromatic rings. The van der Waals surface area contributed by atoms with Gasteiger partial charge in [-0.25, -0.2) is 19.9 Å². The van der Waals surface area contributed by atoms with Crippen LogP contribution in [0.3, 0.4) is 0 Å². The highest BCUT2D eigenvalue weighted by molar-refractivity contribution is 5.89. The van der Waals surface area contributed by atoms with Crippen molar-refractivity contribution in [2.75, 3.05) is 56.6 Å². The molecule has 0 saturated carbocycles. The minimum Gasteiger partial charge on any atom is -0.379 e. The molecule has 2 aliphatic heterocycles. The maximum atomic E-state index is 5.45. The fourth-order valence-corrected chi connectivity index (χ4v) is 4.17. The zero-order valence-corrected chi connectivity index (χ0v) is 19.4. The monoisotopic (exact) mass is 448 g/mol. The first-order valence-electron chi connectivity index (χ1n) is 11.8. The van der Waals surface area contributed by atoms with Gasteiger partial charge >= 0.3 is 0 Å². The molecule has 174 valence electrons. The molecule has 0 aromatic carbocycles. The predicted molar refractivity (Wildman–Crippen MR) is 130 cm³/mol. The second-order valence-corrected chi connectivity index (χ2v) is 9.17. The molecular weight excluding hydrogens is 416 g/mol. The van der Waals surface area contributed by atoms with Gasteiger partial charge in [-0.05, 0) is 31.0 Å². The SMILES string of the molecule is CCCNc1nc(C2(C)COC2)cc2cnc(Nc3ccc(CN4CCNCC4)cn3)nc12. The van der Waals surface area contributed by atoms with Crippen molar-refractivity contribution in [2.24, 2.45) is 0 Å². The molecule has 3 N–H and O–H groups in total. The highest BCUT2D eigenvalue weighted by Gasteiger charge is 2.37. The van der Waals surface area contributed by atoms with E-state index in [2.05, 4.69) is 56.8 Å². The summed E-state index contributed by atoms with van der Waals surface area (Å²) in [5.41, 5.74) is 2.98. The lowest BCUT2D eigenvalue weighted by Gasteiger charge is -2.37. The molecule has 0 spiro atoms. The summed E-state index contributed by atoms with van der Waals surface area (Å²) in [6, 6.07) is 6.18. The fraction of sp³-hybridized carbons (Fsp3) is 0.500. The number of nitrogens with one attached hydrogen (secondary N) is 3. The Morgan fingerprint density at radius 2 is 1.97 bits per heavy atom. The quantitative estimate of drug-likeness (QED) is 0.480. The summed E-state index contributed by atoms with van der Waals surface area (Å²) < 4.78 is 5.45. The van der Waals surface area contributed by atoms with Crippen molar-refractivity contribution < 1.29 is 4.74 Å². The van der Waals surface area contributed by atoms with E-state index in [-0.39, 0.29) is 5.41 Å². The Hall–Kier alpha value is -2.88. The van der Waals surface area contributed by atoms with Gasteiger partial charge in [0.1, 0.15) is 11.3 Å². The van der Waals surface area contributed by atoms with Crippen molar-refractivity contribution in [3.05, 3.63) is 41.9 Å². The molecule has 2 saturated heterocycles. The Morgan fingerprint density at radius 1 is 1.12 bits per heavy atom. The van der Waals surface area contributed by atoms with E-state index in [1.165, 1.54) is 5.56 Å². The topological polar surface area (TPSA) is 100 Å². The molecule has 5 heterocycles. The number of ether oxygens (including phenoxy) is 1. The lowest BCUT2D eigenvalue weighted by Crippen LogP contribution is -2.44. The van der Waals surface area contributed by atoms with Crippen molar-refractivity contribution in [1.82, 2.24) is 30.2 Å². The maximum Gasteiger partial charge on any atom is 0.229 e. The van der Waals surface area contributed by atoms with E-state index in [0.717, 1.165) is 73.9 Å². The van der Waals surface area contributed by atoms with Gasteiger partial charge in [-0.3, -0.25) is 4.90 Å². The summed E-state index contributed by atoms with van der Waals surface area (Å²) in [5.74, 6) is 2.03. The van der Waals surface area contributed by atoms with E-state index in [0.29, 0.717) is 19.2 Å². The van der Waals surface area contributed by atoms with Crippen LogP contribution in [0.4, 0.5) is 17.6 Å². The van der Waals surface area contributed by atoms with Gasteiger partial charge in [-0.2, -0.15) is 0 Å². The zero-order valence-electron chi connectivity index (χ0n) is 19.4. The van der Waals surface area contributed by atoms with Crippen LogP contribution >= 0.6 is 0 Å². The van der Waals surface area contributed by atoms with Crippen molar-refractivity contribution in [1.29, 1.82) is 0 Å². The maximum absolute atomic E-state index is 5.45. The molecule has 5 rings (SSSR count). The van der Waals surface area contributed by atoms with E-state index >= 15 is 0 Å². The molecular formula is C24H32N8O. The molecule has 9 nitrogen and oxygen atoms in total. The van der Waals surface area contributed by atoms with E-state index in [1.54, 1.807) is 0 Å². The van der Waals surface area contributed by atoms with E-state index in [1.807, 2.05) is 18.5 Å². The summed E-state index contributed by atoms with van der Waals surface area (Å²) in [4.78, 5) is 21.2. The molecule has 0 bridgehead atoms. The van der Waals surface area contributed by atoms with Gasteiger partial charge in [-0.1, -0.05) is 13.0 Å². The van der Waals surface area contributed by atoms with Gasteiger partial charge in [0.15, 0.2) is 5.82 Å². The van der Waals surface area contributed by atoms with Crippen LogP contribution in [0.25, 0.3) is 10.9 Å². The van der Waals surface area contributed by atoms with Crippen LogP contribution in [0.2, 0.25) is 0 Å². The normalized spacial score (nSPS) is 18.1. The number of anilines is 3. The van der Waals surface area contributed by atoms with Gasteiger partial charge in [0, 0.05) is 57.0 Å². The molecule has 2 fully saturated rings. The summed E-state index contributed by atoms with van der Waals surface area (Å²) in [6.45, 7) is 11.7. The van der Waals surface area contributed by atoms with Crippen LogP contribution in [-0.4, -0.2) is 70.8 Å². The van der Waals surface area contributed by atoms with E-state index < -0.39 is 0 Å². The van der Waals surface area contributed by atoms with Gasteiger partial charge < -0.3 is 20.7 Å². The first-order valence-corrected chi connectivity index (χ1v) is 11.8. The molecule has 0 unspecified atom stereocenters. The first-order chi connectivity index (χ1) is 16.1. The number of pyridine rings is 2. The third-order valence-electron chi connectivity index (χ3n) is 6.25. The first kappa shape index (κ1) is 21.9. The Labute approximate surface area is 194 Å². The second-order valence-electron chi connectivity index (χ2n) is 9.17. The smallest absolute Gasteiger partial charge is 0.229 e. The molecule has 33 heavy (non-hydrogen) atoms. The van der Waals surface area contributed by atoms with Crippen LogP contribution in [-0.2, 0) is 16.7 Å². The summed E-state index contributed by atoms with van der Waals surface area (Å²) in [7, 11) is 0. The standard InChI is InChI=1S/C24H32N8O/c1-3-6-26-22-21-18(11-19(29-22)24(2)15-33-16-24)13-28-23(31-21)30-20-5-4-17(12-27-20)14-32-9-7-25-8-10-32/h4-5,11-13,25H,3,6-10,14-16H2,1-2H3,(H,26,29)(H,27,28,30,31). The Balaban J connectivity index is 1.35. The number of fused-ring (bicyclic) bond motifs is 1. The number of nitrogens with zero attached hydrogens (tertiary/aromatic N) is 5. The molecule has 0 amide bonds. The summed E-state index contributed by atoms with van der Waals surface area (Å²) in [5, 5.41) is 11.0. The number of hydrogen-bond donors (Lipinski definition) is 3. The van der Waals surface area contributed by atoms with Crippen molar-refractivity contribution >= 4 is 28.5 Å². The number of hydrogen-bond acceptors (Lipinski definition) is 9. The van der Waals surface area contributed by atoms with Gasteiger partial charge in [-0.15, -0.1) is 0 Å². The minimum absolute atomic E-state index is 0.0515. The lowest BCUT2D eigenvalue weighted by atomic mass is 9.84. The molecule has 0 radical (unpaired) electrons. The highest BCUT2D eigenvalue weighted by atomic mass is 16.5. The summed E-state index contributed by atoms with van der Waals surface area (Å²) in [6.07, 6.45) is 4.79. The third kappa shape index (κ3) is 4.90. The lowest BCUT2D eigenvalue weighted by molar-refractivity contribution is -0.0519. The number of rotatable bonds is 8. The average molecular weight is 449 g/mol.